The topological polar surface area (TPSA) is 108 Å². The summed E-state index contributed by atoms with van der Waals surface area (Å²) in [6.07, 6.45) is 4.24. The molecular formula is C21H24BrN9O. The number of hydrogen-bond donors (Lipinski definition) is 3. The van der Waals surface area contributed by atoms with Gasteiger partial charge in [-0.1, -0.05) is 0 Å². The molecule has 3 N–H and O–H groups in total. The zero-order chi connectivity index (χ0) is 21.7. The maximum absolute atomic E-state index is 5.30. The summed E-state index contributed by atoms with van der Waals surface area (Å²) in [6, 6.07) is 6.31. The van der Waals surface area contributed by atoms with E-state index in [0.29, 0.717) is 24.5 Å². The number of aromatic amines is 1. The Morgan fingerprint density at radius 1 is 1.25 bits per heavy atom. The van der Waals surface area contributed by atoms with Gasteiger partial charge in [-0.15, -0.1) is 0 Å². The fourth-order valence-corrected chi connectivity index (χ4v) is 5.07. The van der Waals surface area contributed by atoms with Crippen molar-refractivity contribution in [2.75, 3.05) is 37.0 Å². The second kappa shape index (κ2) is 7.89. The molecule has 0 bridgehead atoms. The lowest BCUT2D eigenvalue weighted by Gasteiger charge is -2.24. The Morgan fingerprint density at radius 2 is 2.19 bits per heavy atom. The van der Waals surface area contributed by atoms with Crippen molar-refractivity contribution in [3.63, 3.8) is 0 Å². The number of nitrogens with zero attached hydrogens (tertiary/aromatic N) is 6. The number of nitrogens with one attached hydrogen (secondary N) is 3. The molecule has 2 fully saturated rings. The van der Waals surface area contributed by atoms with Crippen molar-refractivity contribution in [3.05, 3.63) is 34.7 Å². The van der Waals surface area contributed by atoms with Crippen LogP contribution in [0, 0.1) is 5.92 Å². The van der Waals surface area contributed by atoms with Crippen molar-refractivity contribution in [1.82, 2.24) is 34.9 Å². The summed E-state index contributed by atoms with van der Waals surface area (Å²) in [6.45, 7) is 3.48. The van der Waals surface area contributed by atoms with Crippen LogP contribution >= 0.6 is 15.9 Å². The fourth-order valence-electron chi connectivity index (χ4n) is 4.72. The van der Waals surface area contributed by atoms with Crippen LogP contribution < -0.4 is 20.3 Å². The van der Waals surface area contributed by atoms with Crippen molar-refractivity contribution in [3.8, 4) is 5.75 Å². The van der Waals surface area contributed by atoms with Crippen molar-refractivity contribution in [1.29, 1.82) is 0 Å². The Labute approximate surface area is 192 Å². The van der Waals surface area contributed by atoms with Crippen LogP contribution in [0.25, 0.3) is 16.7 Å². The lowest BCUT2D eigenvalue weighted by Crippen LogP contribution is -2.40. The molecule has 10 nitrogen and oxygen atoms in total. The highest BCUT2D eigenvalue weighted by atomic mass is 79.9. The van der Waals surface area contributed by atoms with E-state index in [1.807, 2.05) is 18.2 Å². The molecule has 0 saturated carbocycles. The molecule has 2 saturated heterocycles. The van der Waals surface area contributed by atoms with Gasteiger partial charge in [0.25, 0.3) is 0 Å². The quantitative estimate of drug-likeness (QED) is 0.386. The van der Waals surface area contributed by atoms with Gasteiger partial charge in [-0.05, 0) is 53.4 Å². The maximum Gasteiger partial charge on any atom is 0.230 e. The van der Waals surface area contributed by atoms with Crippen LogP contribution in [0.4, 0.5) is 11.9 Å². The van der Waals surface area contributed by atoms with Gasteiger partial charge in [0, 0.05) is 25.2 Å². The Hall–Kier alpha value is -2.92. The largest absolute Gasteiger partial charge is 0.497 e. The van der Waals surface area contributed by atoms with Gasteiger partial charge in [-0.3, -0.25) is 0 Å². The second-order valence-electron chi connectivity index (χ2n) is 8.36. The van der Waals surface area contributed by atoms with Gasteiger partial charge in [0.15, 0.2) is 5.65 Å². The molecule has 11 heteroatoms. The van der Waals surface area contributed by atoms with Crippen LogP contribution in [0.3, 0.4) is 0 Å². The maximum atomic E-state index is 5.30. The number of benzene rings is 1. The summed E-state index contributed by atoms with van der Waals surface area (Å²) in [5.74, 6) is 3.62. The summed E-state index contributed by atoms with van der Waals surface area (Å²) in [5.41, 5.74) is 2.57. The van der Waals surface area contributed by atoms with E-state index in [-0.39, 0.29) is 0 Å². The predicted molar refractivity (Wildman–Crippen MR) is 125 cm³/mol. The van der Waals surface area contributed by atoms with E-state index in [0.717, 1.165) is 58.3 Å². The third kappa shape index (κ3) is 3.45. The molecule has 0 radical (unpaired) electrons. The third-order valence-electron chi connectivity index (χ3n) is 6.35. The number of fused-ring (bicyclic) bond motifs is 3. The lowest BCUT2D eigenvalue weighted by molar-refractivity contribution is 0.340. The van der Waals surface area contributed by atoms with E-state index in [1.165, 1.54) is 12.8 Å². The predicted octanol–water partition coefficient (Wildman–Crippen LogP) is 2.57. The molecular weight excluding hydrogens is 474 g/mol. The highest BCUT2D eigenvalue weighted by Gasteiger charge is 2.35. The molecule has 3 aromatic heterocycles. The highest BCUT2D eigenvalue weighted by molar-refractivity contribution is 9.10. The number of imidazole rings is 1. The molecule has 0 unspecified atom stereocenters. The van der Waals surface area contributed by atoms with Crippen molar-refractivity contribution in [2.24, 2.45) is 5.92 Å². The van der Waals surface area contributed by atoms with Crippen LogP contribution in [0.15, 0.2) is 28.9 Å². The summed E-state index contributed by atoms with van der Waals surface area (Å²) in [4.78, 5) is 19.9. The molecule has 5 heterocycles. The van der Waals surface area contributed by atoms with Crippen molar-refractivity contribution >= 4 is 44.5 Å². The van der Waals surface area contributed by atoms with E-state index in [2.05, 4.69) is 46.5 Å². The van der Waals surface area contributed by atoms with Gasteiger partial charge in [-0.2, -0.15) is 19.6 Å². The number of methoxy groups -OCH3 is 1. The number of hydrogen-bond acceptors (Lipinski definition) is 8. The third-order valence-corrected chi connectivity index (χ3v) is 6.91. The zero-order valence-electron chi connectivity index (χ0n) is 17.7. The van der Waals surface area contributed by atoms with Crippen LogP contribution in [-0.4, -0.2) is 62.3 Å². The Kier molecular flexibility index (Phi) is 4.87. The molecule has 6 rings (SSSR count). The van der Waals surface area contributed by atoms with E-state index in [1.54, 1.807) is 17.8 Å². The van der Waals surface area contributed by atoms with Gasteiger partial charge in [-0.25, -0.2) is 4.98 Å². The first-order chi connectivity index (χ1) is 15.7. The molecule has 0 spiro atoms. The number of aromatic nitrogens is 6. The van der Waals surface area contributed by atoms with Crippen molar-refractivity contribution in [2.45, 2.75) is 25.4 Å². The molecule has 0 amide bonds. The first kappa shape index (κ1) is 19.7. The van der Waals surface area contributed by atoms with Crippen LogP contribution in [0.5, 0.6) is 5.75 Å². The highest BCUT2D eigenvalue weighted by Crippen LogP contribution is 2.29. The van der Waals surface area contributed by atoms with Gasteiger partial charge in [0.1, 0.15) is 11.6 Å². The van der Waals surface area contributed by atoms with Crippen LogP contribution in [0.2, 0.25) is 0 Å². The normalized spacial score (nSPS) is 20.8. The standard InChI is InChI=1S/C21H24BrN9O/c1-32-13-4-5-15-16(7-13)27-18(26-15)9-24-20-29-21(28-19-14(22)8-25-31(19)20)30-10-12-3-2-6-23-17(12)11-30/h4-5,7-8,12,17,23H,2-3,6,9-11H2,1H3,(H,26,27)(H,24,28,29)/t12-,17+/m0/s1. The number of H-pyrrole nitrogens is 1. The average molecular weight is 498 g/mol. The summed E-state index contributed by atoms with van der Waals surface area (Å²) < 4.78 is 7.87. The fraction of sp³-hybridized carbons (Fsp3) is 0.429. The smallest absolute Gasteiger partial charge is 0.230 e. The molecule has 0 aliphatic carbocycles. The Balaban J connectivity index is 1.29. The van der Waals surface area contributed by atoms with E-state index in [4.69, 9.17) is 14.7 Å². The number of ether oxygens (including phenoxy) is 1. The van der Waals surface area contributed by atoms with Gasteiger partial charge in [0.2, 0.25) is 11.9 Å². The molecule has 32 heavy (non-hydrogen) atoms. The molecule has 2 aliphatic heterocycles. The van der Waals surface area contributed by atoms with Crippen molar-refractivity contribution < 1.29 is 4.74 Å². The number of rotatable bonds is 5. The minimum absolute atomic E-state index is 0.479. The average Bonchev–Trinajstić information content (AvgIpc) is 3.53. The number of piperidine rings is 1. The zero-order valence-corrected chi connectivity index (χ0v) is 19.3. The van der Waals surface area contributed by atoms with Gasteiger partial charge >= 0.3 is 0 Å². The van der Waals surface area contributed by atoms with E-state index in [9.17, 15) is 0 Å². The molecule has 166 valence electrons. The lowest BCUT2D eigenvalue weighted by atomic mass is 9.94. The first-order valence-corrected chi connectivity index (χ1v) is 11.6. The first-order valence-electron chi connectivity index (χ1n) is 10.8. The minimum atomic E-state index is 0.479. The summed E-state index contributed by atoms with van der Waals surface area (Å²) in [5, 5.41) is 11.5. The van der Waals surface area contributed by atoms with E-state index < -0.39 is 0 Å². The van der Waals surface area contributed by atoms with Crippen LogP contribution in [-0.2, 0) is 6.54 Å². The summed E-state index contributed by atoms with van der Waals surface area (Å²) in [7, 11) is 1.66. The monoisotopic (exact) mass is 497 g/mol. The second-order valence-corrected chi connectivity index (χ2v) is 9.22. The Bertz CT molecular complexity index is 1270. The van der Waals surface area contributed by atoms with E-state index >= 15 is 0 Å². The van der Waals surface area contributed by atoms with Gasteiger partial charge < -0.3 is 25.3 Å². The number of anilines is 2. The molecule has 1 aromatic carbocycles. The molecule has 4 aromatic rings. The van der Waals surface area contributed by atoms with Gasteiger partial charge in [0.05, 0.1) is 35.4 Å². The molecule has 2 atom stereocenters. The SMILES string of the molecule is COc1ccc2nc(CNc3nc(N4C[C@@H]5CCCN[C@@H]5C4)nc4c(Br)cnn34)[nH]c2c1. The number of halogens is 1. The van der Waals surface area contributed by atoms with Crippen LogP contribution in [0.1, 0.15) is 18.7 Å². The Morgan fingerprint density at radius 3 is 3.06 bits per heavy atom. The molecule has 2 aliphatic rings. The summed E-state index contributed by atoms with van der Waals surface area (Å²) >= 11 is 3.58. The minimum Gasteiger partial charge on any atom is -0.497 e.